The molecule has 17 heavy (non-hydrogen) atoms. The molecule has 0 spiro atoms. The number of amides is 1. The van der Waals surface area contributed by atoms with Gasteiger partial charge in [0, 0.05) is 18.4 Å². The fourth-order valence-electron chi connectivity index (χ4n) is 2.01. The van der Waals surface area contributed by atoms with E-state index in [2.05, 4.69) is 43.4 Å². The maximum atomic E-state index is 11.2. The third-order valence-corrected chi connectivity index (χ3v) is 2.90. The molecule has 2 rings (SSSR count). The quantitative estimate of drug-likeness (QED) is 0.797. The van der Waals surface area contributed by atoms with Gasteiger partial charge in [-0.25, -0.2) is 0 Å². The zero-order valence-corrected chi connectivity index (χ0v) is 9.90. The molecular formula is C13H15NO3. The van der Waals surface area contributed by atoms with Crippen LogP contribution < -0.4 is 5.32 Å². The Morgan fingerprint density at radius 3 is 2.18 bits per heavy atom. The Kier molecular flexibility index (Phi) is 4.61. The first-order chi connectivity index (χ1) is 8.08. The summed E-state index contributed by atoms with van der Waals surface area (Å²) < 4.78 is 0. The van der Waals surface area contributed by atoms with Crippen molar-refractivity contribution in [2.75, 3.05) is 0 Å². The normalized spacial score (nSPS) is 22.1. The molecule has 2 atom stereocenters. The summed E-state index contributed by atoms with van der Waals surface area (Å²) in [6.45, 7) is 4.14. The second kappa shape index (κ2) is 5.97. The van der Waals surface area contributed by atoms with E-state index in [0.717, 1.165) is 0 Å². The standard InChI is InChI=1S/C12H15NO.CO2/c1-8-3-5-10(6-4-8)11-7-12(14)13-9(11)2;2-1-3/h3-6,9,11H,7H2,1-2H3,(H,13,14);/t9-,11+;/m1./s1. The highest BCUT2D eigenvalue weighted by Crippen LogP contribution is 2.28. The van der Waals surface area contributed by atoms with Gasteiger partial charge in [0.05, 0.1) is 0 Å². The SMILES string of the molecule is Cc1ccc([C@H]2CC(=O)N[C@@H]2C)cc1.O=C=O. The average Bonchev–Trinajstić information content (AvgIpc) is 2.60. The van der Waals surface area contributed by atoms with Crippen molar-refractivity contribution < 1.29 is 14.4 Å². The van der Waals surface area contributed by atoms with Crippen molar-refractivity contribution in [1.82, 2.24) is 5.32 Å². The number of benzene rings is 1. The molecule has 4 heteroatoms. The van der Waals surface area contributed by atoms with Crippen molar-refractivity contribution in [3.05, 3.63) is 35.4 Å². The minimum absolute atomic E-state index is 0.170. The van der Waals surface area contributed by atoms with Crippen LogP contribution in [0, 0.1) is 6.92 Å². The lowest BCUT2D eigenvalue weighted by molar-refractivity contribution is -0.191. The van der Waals surface area contributed by atoms with E-state index in [-0.39, 0.29) is 18.1 Å². The van der Waals surface area contributed by atoms with Crippen molar-refractivity contribution in [1.29, 1.82) is 0 Å². The third kappa shape index (κ3) is 3.54. The van der Waals surface area contributed by atoms with E-state index in [0.29, 0.717) is 12.3 Å². The molecule has 0 aromatic heterocycles. The minimum Gasteiger partial charge on any atom is -0.353 e. The first-order valence-corrected chi connectivity index (χ1v) is 5.43. The van der Waals surface area contributed by atoms with E-state index < -0.39 is 0 Å². The Hall–Kier alpha value is -1.93. The Labute approximate surface area is 100 Å². The van der Waals surface area contributed by atoms with Gasteiger partial charge in [0.25, 0.3) is 0 Å². The lowest BCUT2D eigenvalue weighted by Gasteiger charge is -2.14. The van der Waals surface area contributed by atoms with Crippen LogP contribution in [-0.2, 0) is 14.4 Å². The molecule has 1 heterocycles. The van der Waals surface area contributed by atoms with Crippen molar-refractivity contribution in [3.8, 4) is 0 Å². The van der Waals surface area contributed by atoms with Crippen LogP contribution in [-0.4, -0.2) is 18.1 Å². The number of rotatable bonds is 1. The second-order valence-electron chi connectivity index (χ2n) is 4.16. The predicted octanol–water partition coefficient (Wildman–Crippen LogP) is 1.40. The van der Waals surface area contributed by atoms with Crippen LogP contribution in [0.15, 0.2) is 24.3 Å². The molecule has 1 saturated heterocycles. The summed E-state index contributed by atoms with van der Waals surface area (Å²) in [7, 11) is 0. The van der Waals surface area contributed by atoms with Gasteiger partial charge in [0.15, 0.2) is 0 Å². The van der Waals surface area contributed by atoms with Crippen LogP contribution in [0.1, 0.15) is 30.4 Å². The van der Waals surface area contributed by atoms with Crippen molar-refractivity contribution in [2.24, 2.45) is 0 Å². The Morgan fingerprint density at radius 2 is 1.76 bits per heavy atom. The first kappa shape index (κ1) is 13.1. The summed E-state index contributed by atoms with van der Waals surface area (Å²) in [5, 5.41) is 2.94. The van der Waals surface area contributed by atoms with E-state index in [1.807, 2.05) is 0 Å². The molecule has 0 bridgehead atoms. The summed E-state index contributed by atoms with van der Waals surface area (Å²) in [6.07, 6.45) is 0.879. The van der Waals surface area contributed by atoms with Gasteiger partial charge in [0.1, 0.15) is 0 Å². The maximum absolute atomic E-state index is 11.2. The largest absolute Gasteiger partial charge is 0.373 e. The molecule has 1 aliphatic heterocycles. The Morgan fingerprint density at radius 1 is 1.24 bits per heavy atom. The minimum atomic E-state index is 0.170. The number of hydrogen-bond donors (Lipinski definition) is 1. The van der Waals surface area contributed by atoms with Crippen LogP contribution in [0.2, 0.25) is 0 Å². The van der Waals surface area contributed by atoms with Gasteiger partial charge >= 0.3 is 6.15 Å². The van der Waals surface area contributed by atoms with Crippen LogP contribution in [0.25, 0.3) is 0 Å². The molecule has 0 unspecified atom stereocenters. The number of nitrogens with one attached hydrogen (secondary N) is 1. The molecule has 1 N–H and O–H groups in total. The smallest absolute Gasteiger partial charge is 0.353 e. The van der Waals surface area contributed by atoms with Crippen molar-refractivity contribution in [3.63, 3.8) is 0 Å². The van der Waals surface area contributed by atoms with Gasteiger partial charge in [-0.05, 0) is 19.4 Å². The van der Waals surface area contributed by atoms with Gasteiger partial charge in [-0.1, -0.05) is 29.8 Å². The van der Waals surface area contributed by atoms with Gasteiger partial charge in [0.2, 0.25) is 5.91 Å². The van der Waals surface area contributed by atoms with Crippen LogP contribution in [0.4, 0.5) is 0 Å². The molecule has 0 saturated carbocycles. The highest BCUT2D eigenvalue weighted by atomic mass is 16.2. The topological polar surface area (TPSA) is 63.2 Å². The molecule has 90 valence electrons. The number of carbonyl (C=O) groups excluding carboxylic acids is 3. The van der Waals surface area contributed by atoms with Gasteiger partial charge in [-0.3, -0.25) is 4.79 Å². The lowest BCUT2D eigenvalue weighted by Crippen LogP contribution is -2.24. The summed E-state index contributed by atoms with van der Waals surface area (Å²) in [6, 6.07) is 8.72. The Balaban J connectivity index is 0.000000437. The van der Waals surface area contributed by atoms with E-state index in [1.54, 1.807) is 0 Å². The summed E-state index contributed by atoms with van der Waals surface area (Å²) in [5.41, 5.74) is 2.53. The second-order valence-corrected chi connectivity index (χ2v) is 4.16. The van der Waals surface area contributed by atoms with Crippen LogP contribution in [0.3, 0.4) is 0 Å². The van der Waals surface area contributed by atoms with E-state index in [9.17, 15) is 4.79 Å². The van der Waals surface area contributed by atoms with Crippen LogP contribution >= 0.6 is 0 Å². The predicted molar refractivity (Wildman–Crippen MR) is 61.1 cm³/mol. The lowest BCUT2D eigenvalue weighted by atomic mass is 9.92. The van der Waals surface area contributed by atoms with E-state index in [1.165, 1.54) is 11.1 Å². The van der Waals surface area contributed by atoms with E-state index in [4.69, 9.17) is 9.59 Å². The molecule has 1 aromatic rings. The molecule has 1 amide bonds. The molecule has 1 fully saturated rings. The summed E-state index contributed by atoms with van der Waals surface area (Å²) in [5.74, 6) is 0.520. The molecule has 1 aliphatic rings. The molecule has 0 aliphatic carbocycles. The van der Waals surface area contributed by atoms with E-state index >= 15 is 0 Å². The van der Waals surface area contributed by atoms with Gasteiger partial charge in [-0.2, -0.15) is 9.59 Å². The van der Waals surface area contributed by atoms with Crippen LogP contribution in [0.5, 0.6) is 0 Å². The monoisotopic (exact) mass is 233 g/mol. The number of aryl methyl sites for hydroxylation is 1. The average molecular weight is 233 g/mol. The fourth-order valence-corrected chi connectivity index (χ4v) is 2.01. The van der Waals surface area contributed by atoms with Gasteiger partial charge in [-0.15, -0.1) is 0 Å². The fraction of sp³-hybridized carbons (Fsp3) is 0.385. The molecule has 0 radical (unpaired) electrons. The highest BCUT2D eigenvalue weighted by molar-refractivity contribution is 5.80. The molecular weight excluding hydrogens is 218 g/mol. The van der Waals surface area contributed by atoms with Crippen molar-refractivity contribution >= 4 is 12.1 Å². The van der Waals surface area contributed by atoms with Gasteiger partial charge < -0.3 is 5.32 Å². The molecule has 1 aromatic carbocycles. The maximum Gasteiger partial charge on any atom is 0.373 e. The summed E-state index contributed by atoms with van der Waals surface area (Å²) >= 11 is 0. The zero-order chi connectivity index (χ0) is 12.8. The zero-order valence-electron chi connectivity index (χ0n) is 9.90. The number of hydrogen-bond acceptors (Lipinski definition) is 3. The number of carbonyl (C=O) groups is 1. The Bertz CT molecular complexity index is 419. The summed E-state index contributed by atoms with van der Waals surface area (Å²) in [4.78, 5) is 27.4. The first-order valence-electron chi connectivity index (χ1n) is 5.43. The third-order valence-electron chi connectivity index (χ3n) is 2.90. The van der Waals surface area contributed by atoms with Crippen molar-refractivity contribution in [2.45, 2.75) is 32.2 Å². The highest BCUT2D eigenvalue weighted by Gasteiger charge is 2.29. The molecule has 4 nitrogen and oxygen atoms in total.